The molecule has 3 aromatic heterocycles. The molecule has 0 saturated carbocycles. The Labute approximate surface area is 167 Å². The normalized spacial score (nSPS) is 14.1. The topological polar surface area (TPSA) is 106 Å². The van der Waals surface area contributed by atoms with Crippen LogP contribution in [-0.2, 0) is 13.0 Å². The molecule has 1 aliphatic rings. The number of benzene rings is 1. The molecule has 0 saturated heterocycles. The van der Waals surface area contributed by atoms with Gasteiger partial charge in [0.2, 0.25) is 0 Å². The average Bonchev–Trinajstić information content (AvgIpc) is 3.12. The number of nitrogens with two attached hydrogens (primary N) is 1. The van der Waals surface area contributed by atoms with Gasteiger partial charge in [0.05, 0.1) is 17.3 Å². The Hall–Kier alpha value is -3.52. The first-order valence-corrected chi connectivity index (χ1v) is 9.47. The molecule has 0 aliphatic carbocycles. The Morgan fingerprint density at radius 1 is 1.21 bits per heavy atom. The maximum Gasteiger partial charge on any atom is 0.263 e. The number of likely N-dealkylation sites (N-methyl/N-ethyl adjacent to an activating group) is 1. The molecule has 0 bridgehead atoms. The van der Waals surface area contributed by atoms with E-state index in [1.54, 1.807) is 18.6 Å². The quantitative estimate of drug-likeness (QED) is 0.556. The van der Waals surface area contributed by atoms with Crippen LogP contribution in [0.2, 0.25) is 0 Å². The fourth-order valence-electron chi connectivity index (χ4n) is 3.83. The third-order valence-electron chi connectivity index (χ3n) is 5.34. The molecular formula is C21H21N7O. The number of nitrogens with zero attached hydrogens (tertiary/aromatic N) is 5. The fraction of sp³-hybridized carbons (Fsp3) is 0.238. The summed E-state index contributed by atoms with van der Waals surface area (Å²) in [4.78, 5) is 22.6. The summed E-state index contributed by atoms with van der Waals surface area (Å²) in [5, 5.41) is 0.756. The van der Waals surface area contributed by atoms with Crippen LogP contribution in [0, 0.1) is 6.92 Å². The molecule has 0 fully saturated rings. The van der Waals surface area contributed by atoms with E-state index in [4.69, 9.17) is 10.5 Å². The van der Waals surface area contributed by atoms with E-state index >= 15 is 0 Å². The van der Waals surface area contributed by atoms with E-state index < -0.39 is 0 Å². The number of fused-ring (bicyclic) bond motifs is 2. The minimum atomic E-state index is 0.231. The summed E-state index contributed by atoms with van der Waals surface area (Å²) in [5.74, 6) is 1.05. The molecule has 4 heterocycles. The van der Waals surface area contributed by atoms with Crippen molar-refractivity contribution in [1.82, 2.24) is 29.8 Å². The van der Waals surface area contributed by atoms with Crippen LogP contribution >= 0.6 is 0 Å². The van der Waals surface area contributed by atoms with Crippen molar-refractivity contribution >= 4 is 16.9 Å². The van der Waals surface area contributed by atoms with E-state index in [0.717, 1.165) is 36.2 Å². The van der Waals surface area contributed by atoms with Gasteiger partial charge in [0.15, 0.2) is 11.6 Å². The van der Waals surface area contributed by atoms with Gasteiger partial charge >= 0.3 is 0 Å². The molecule has 8 nitrogen and oxygen atoms in total. The lowest BCUT2D eigenvalue weighted by atomic mass is 9.92. The van der Waals surface area contributed by atoms with Crippen LogP contribution in [0.3, 0.4) is 0 Å². The number of nitrogens with one attached hydrogen (secondary N) is 1. The maximum absolute atomic E-state index is 6.04. The lowest BCUT2D eigenvalue weighted by molar-refractivity contribution is 0.312. The predicted molar refractivity (Wildman–Crippen MR) is 111 cm³/mol. The summed E-state index contributed by atoms with van der Waals surface area (Å²) in [7, 11) is 2.14. The van der Waals surface area contributed by atoms with Gasteiger partial charge in [0, 0.05) is 31.0 Å². The molecule has 1 aromatic carbocycles. The van der Waals surface area contributed by atoms with Gasteiger partial charge in [-0.3, -0.25) is 0 Å². The number of ether oxygens (including phenoxy) is 1. The molecule has 0 amide bonds. The lowest BCUT2D eigenvalue weighted by Crippen LogP contribution is -2.27. The van der Waals surface area contributed by atoms with E-state index in [1.807, 2.05) is 0 Å². The Balaban J connectivity index is 1.53. The number of hydrogen-bond donors (Lipinski definition) is 2. The van der Waals surface area contributed by atoms with Crippen molar-refractivity contribution in [3.63, 3.8) is 0 Å². The van der Waals surface area contributed by atoms with Crippen LogP contribution in [0.1, 0.15) is 16.7 Å². The lowest BCUT2D eigenvalue weighted by Gasteiger charge is -2.27. The predicted octanol–water partition coefficient (Wildman–Crippen LogP) is 3.09. The number of aryl methyl sites for hydroxylation is 1. The van der Waals surface area contributed by atoms with Gasteiger partial charge in [-0.25, -0.2) is 19.9 Å². The maximum atomic E-state index is 6.04. The molecule has 0 unspecified atom stereocenters. The van der Waals surface area contributed by atoms with Crippen molar-refractivity contribution in [3.8, 4) is 22.9 Å². The first-order valence-electron chi connectivity index (χ1n) is 9.47. The first kappa shape index (κ1) is 17.6. The number of anilines is 1. The number of H-pyrrole nitrogens is 1. The fourth-order valence-corrected chi connectivity index (χ4v) is 3.83. The zero-order chi connectivity index (χ0) is 20.0. The van der Waals surface area contributed by atoms with E-state index in [1.165, 1.54) is 23.0 Å². The second kappa shape index (κ2) is 6.82. The number of hydrogen-bond acceptors (Lipinski definition) is 7. The Morgan fingerprint density at radius 3 is 3.00 bits per heavy atom. The largest absolute Gasteiger partial charge is 0.434 e. The second-order valence-electron chi connectivity index (χ2n) is 7.40. The number of aromatic nitrogens is 5. The molecule has 0 spiro atoms. The highest BCUT2D eigenvalue weighted by Crippen LogP contribution is 2.33. The van der Waals surface area contributed by atoms with E-state index in [-0.39, 0.29) is 11.7 Å². The Bertz CT molecular complexity index is 1220. The summed E-state index contributed by atoms with van der Waals surface area (Å²) in [6, 6.07) is 4.36. The van der Waals surface area contributed by atoms with Crippen LogP contribution in [0.5, 0.6) is 11.6 Å². The highest BCUT2D eigenvalue weighted by atomic mass is 16.5. The van der Waals surface area contributed by atoms with Crippen molar-refractivity contribution < 1.29 is 4.74 Å². The SMILES string of the molecule is Cc1cc(-c2cnc(N)c(Oc3c[nH]c4ncncc34)n2)cc2c1CCN(C)C2. The van der Waals surface area contributed by atoms with E-state index in [0.29, 0.717) is 11.4 Å². The second-order valence-corrected chi connectivity index (χ2v) is 7.40. The van der Waals surface area contributed by atoms with Gasteiger partial charge in [-0.05, 0) is 49.2 Å². The molecule has 146 valence electrons. The molecule has 29 heavy (non-hydrogen) atoms. The monoisotopic (exact) mass is 387 g/mol. The zero-order valence-corrected chi connectivity index (χ0v) is 16.3. The molecule has 1 aliphatic heterocycles. The molecule has 3 N–H and O–H groups in total. The van der Waals surface area contributed by atoms with Crippen molar-refractivity contribution in [2.45, 2.75) is 19.9 Å². The van der Waals surface area contributed by atoms with Gasteiger partial charge < -0.3 is 20.4 Å². The smallest absolute Gasteiger partial charge is 0.263 e. The Kier molecular flexibility index (Phi) is 4.13. The van der Waals surface area contributed by atoms with E-state index in [9.17, 15) is 0 Å². The van der Waals surface area contributed by atoms with Gasteiger partial charge in [-0.15, -0.1) is 0 Å². The summed E-state index contributed by atoms with van der Waals surface area (Å²) < 4.78 is 5.97. The summed E-state index contributed by atoms with van der Waals surface area (Å²) in [6.07, 6.45) is 7.64. The molecule has 0 atom stereocenters. The molecule has 8 heteroatoms. The molecular weight excluding hydrogens is 366 g/mol. The zero-order valence-electron chi connectivity index (χ0n) is 16.3. The third kappa shape index (κ3) is 3.17. The summed E-state index contributed by atoms with van der Waals surface area (Å²) >= 11 is 0. The Morgan fingerprint density at radius 2 is 2.10 bits per heavy atom. The van der Waals surface area contributed by atoms with Gasteiger partial charge in [-0.2, -0.15) is 0 Å². The van der Waals surface area contributed by atoms with Crippen molar-refractivity contribution in [2.24, 2.45) is 0 Å². The highest BCUT2D eigenvalue weighted by Gasteiger charge is 2.18. The van der Waals surface area contributed by atoms with Gasteiger partial charge in [-0.1, -0.05) is 0 Å². The molecule has 0 radical (unpaired) electrons. The average molecular weight is 387 g/mol. The minimum absolute atomic E-state index is 0.231. The first-order chi connectivity index (χ1) is 14.1. The van der Waals surface area contributed by atoms with Crippen LogP contribution in [0.25, 0.3) is 22.3 Å². The standard InChI is InChI=1S/C21H21N7O/c1-12-5-13(6-14-10-28(2)4-3-15(12)14)17-8-24-19(22)21(27-17)29-18-9-25-20-16(18)7-23-11-26-20/h5-9,11H,3-4,10H2,1-2H3,(H2,22,24)(H,23,25,26). The number of nitrogen functional groups attached to an aromatic ring is 1. The number of rotatable bonds is 3. The molecule has 5 rings (SSSR count). The van der Waals surface area contributed by atoms with Gasteiger partial charge in [0.1, 0.15) is 12.0 Å². The van der Waals surface area contributed by atoms with Crippen molar-refractivity contribution in [3.05, 3.63) is 53.7 Å². The van der Waals surface area contributed by atoms with Crippen molar-refractivity contribution in [1.29, 1.82) is 0 Å². The minimum Gasteiger partial charge on any atom is -0.434 e. The van der Waals surface area contributed by atoms with Crippen LogP contribution in [0.4, 0.5) is 5.82 Å². The van der Waals surface area contributed by atoms with Crippen LogP contribution in [-0.4, -0.2) is 43.4 Å². The van der Waals surface area contributed by atoms with E-state index in [2.05, 4.69) is 55.9 Å². The van der Waals surface area contributed by atoms with Crippen molar-refractivity contribution in [2.75, 3.05) is 19.3 Å². The van der Waals surface area contributed by atoms with Crippen LogP contribution in [0.15, 0.2) is 37.1 Å². The summed E-state index contributed by atoms with van der Waals surface area (Å²) in [6.45, 7) is 4.17. The highest BCUT2D eigenvalue weighted by molar-refractivity contribution is 5.82. The van der Waals surface area contributed by atoms with Crippen LogP contribution < -0.4 is 10.5 Å². The third-order valence-corrected chi connectivity index (χ3v) is 5.34. The van der Waals surface area contributed by atoms with Gasteiger partial charge in [0.25, 0.3) is 5.88 Å². The number of aromatic amines is 1. The summed E-state index contributed by atoms with van der Waals surface area (Å²) in [5.41, 5.74) is 12.5. The molecule has 4 aromatic rings.